The molecule has 0 fully saturated rings. The number of halogens is 2. The van der Waals surface area contributed by atoms with Crippen molar-refractivity contribution in [2.75, 3.05) is 11.9 Å². The van der Waals surface area contributed by atoms with Crippen molar-refractivity contribution in [3.8, 4) is 0 Å². The number of hydrogen-bond acceptors (Lipinski definition) is 1. The van der Waals surface area contributed by atoms with Crippen molar-refractivity contribution in [1.82, 2.24) is 0 Å². The summed E-state index contributed by atoms with van der Waals surface area (Å²) in [5.41, 5.74) is 5.36. The lowest BCUT2D eigenvalue weighted by molar-refractivity contribution is 0.614. The van der Waals surface area contributed by atoms with Crippen LogP contribution in [0.1, 0.15) is 38.5 Å². The quantitative estimate of drug-likeness (QED) is 0.565. The average molecular weight is 289 g/mol. The van der Waals surface area contributed by atoms with Gasteiger partial charge in [0.1, 0.15) is 0 Å². The summed E-state index contributed by atoms with van der Waals surface area (Å²) in [5, 5.41) is 1.16. The monoisotopic (exact) mass is 287 g/mol. The molecule has 0 saturated heterocycles. The highest BCUT2D eigenvalue weighted by Crippen LogP contribution is 2.05. The van der Waals surface area contributed by atoms with Crippen molar-refractivity contribution in [2.45, 2.75) is 38.5 Å². The number of rotatable bonds is 7. The molecule has 0 bridgehead atoms. The summed E-state index contributed by atoms with van der Waals surface area (Å²) in [5.74, 6) is 0. The number of alkyl halides is 1. The summed E-state index contributed by atoms with van der Waals surface area (Å²) in [4.78, 5) is 0. The molecular weight excluding hydrogens is 270 g/mol. The molecule has 0 aliphatic heterocycles. The predicted molar refractivity (Wildman–Crippen MR) is 60.9 cm³/mol. The molecule has 2 N–H and O–H groups in total. The number of unbranched alkanes of at least 4 members (excludes halogenated alkanes) is 5. The minimum atomic E-state index is 0. The van der Waals surface area contributed by atoms with E-state index in [0.717, 1.165) is 11.9 Å². The Bertz CT molecular complexity index is 52.1. The molecule has 0 atom stereocenters. The van der Waals surface area contributed by atoms with Gasteiger partial charge in [0.15, 0.2) is 0 Å². The van der Waals surface area contributed by atoms with Crippen LogP contribution in [-0.4, -0.2) is 11.9 Å². The van der Waals surface area contributed by atoms with Crippen LogP contribution in [0, 0.1) is 0 Å². The summed E-state index contributed by atoms with van der Waals surface area (Å²) in [6, 6.07) is 0. The van der Waals surface area contributed by atoms with Crippen molar-refractivity contribution in [3.63, 3.8) is 0 Å². The molecule has 1 nitrogen and oxygen atoms in total. The van der Waals surface area contributed by atoms with Crippen LogP contribution in [0.25, 0.3) is 0 Å². The van der Waals surface area contributed by atoms with E-state index in [-0.39, 0.29) is 17.0 Å². The summed E-state index contributed by atoms with van der Waals surface area (Å²) in [7, 11) is 0. The minimum Gasteiger partial charge on any atom is -0.330 e. The zero-order valence-corrected chi connectivity index (χ0v) is 10.3. The summed E-state index contributed by atoms with van der Waals surface area (Å²) in [6.07, 6.45) is 7.96. The molecule has 0 amide bonds. The fraction of sp³-hybridized carbons (Fsp3) is 1.00. The molecule has 0 radical (unpaired) electrons. The minimum absolute atomic E-state index is 0. The Balaban J connectivity index is 0. The van der Waals surface area contributed by atoms with Gasteiger partial charge in [-0.3, -0.25) is 0 Å². The lowest BCUT2D eigenvalue weighted by Gasteiger charge is -1.97. The first-order valence-corrected chi connectivity index (χ1v) is 5.30. The Kier molecular flexibility index (Phi) is 17.7. The van der Waals surface area contributed by atoms with Crippen molar-refractivity contribution >= 4 is 32.9 Å². The Morgan fingerprint density at radius 1 is 0.818 bits per heavy atom. The average Bonchev–Trinajstić information content (AvgIpc) is 1.97. The normalized spacial score (nSPS) is 9.27. The van der Waals surface area contributed by atoms with Gasteiger partial charge in [0.2, 0.25) is 0 Å². The van der Waals surface area contributed by atoms with E-state index < -0.39 is 0 Å². The molecule has 0 unspecified atom stereocenters. The van der Waals surface area contributed by atoms with Crippen molar-refractivity contribution < 1.29 is 0 Å². The molecule has 0 aromatic carbocycles. The van der Waals surface area contributed by atoms with Crippen molar-refractivity contribution in [3.05, 3.63) is 0 Å². The van der Waals surface area contributed by atoms with Crippen LogP contribution in [0.4, 0.5) is 0 Å². The van der Waals surface area contributed by atoms with E-state index in [9.17, 15) is 0 Å². The fourth-order valence-corrected chi connectivity index (χ4v) is 1.34. The van der Waals surface area contributed by atoms with Gasteiger partial charge < -0.3 is 5.73 Å². The molecule has 0 aromatic heterocycles. The summed E-state index contributed by atoms with van der Waals surface area (Å²) in [6.45, 7) is 0.860. The molecule has 0 aliphatic carbocycles. The van der Waals surface area contributed by atoms with Crippen LogP contribution in [0.2, 0.25) is 0 Å². The maximum Gasteiger partial charge on any atom is 0.00313 e. The topological polar surface area (TPSA) is 26.0 Å². The summed E-state index contributed by atoms with van der Waals surface area (Å²) < 4.78 is 0. The van der Waals surface area contributed by atoms with E-state index >= 15 is 0 Å². The van der Waals surface area contributed by atoms with E-state index in [1.807, 2.05) is 0 Å². The van der Waals surface area contributed by atoms with Gasteiger partial charge in [0.05, 0.1) is 0 Å². The van der Waals surface area contributed by atoms with Crippen LogP contribution in [-0.2, 0) is 0 Å². The first-order chi connectivity index (χ1) is 4.91. The SMILES string of the molecule is Br.NCCCCCCCCBr. The van der Waals surface area contributed by atoms with Gasteiger partial charge in [-0.15, -0.1) is 17.0 Å². The van der Waals surface area contributed by atoms with E-state index in [2.05, 4.69) is 15.9 Å². The second-order valence-electron chi connectivity index (χ2n) is 2.60. The molecule has 0 aromatic rings. The number of nitrogens with two attached hydrogens (primary N) is 1. The smallest absolute Gasteiger partial charge is 0.00313 e. The maximum absolute atomic E-state index is 5.36. The van der Waals surface area contributed by atoms with Crippen LogP contribution in [0.5, 0.6) is 0 Å². The van der Waals surface area contributed by atoms with E-state index in [0.29, 0.717) is 0 Å². The van der Waals surface area contributed by atoms with E-state index in [1.54, 1.807) is 0 Å². The largest absolute Gasteiger partial charge is 0.330 e. The third-order valence-corrected chi connectivity index (χ3v) is 2.15. The van der Waals surface area contributed by atoms with Crippen LogP contribution >= 0.6 is 32.9 Å². The summed E-state index contributed by atoms with van der Waals surface area (Å²) >= 11 is 3.41. The predicted octanol–water partition coefficient (Wildman–Crippen LogP) is 3.26. The molecule has 0 saturated carbocycles. The fourth-order valence-electron chi connectivity index (χ4n) is 0.946. The van der Waals surface area contributed by atoms with Crippen molar-refractivity contribution in [1.29, 1.82) is 0 Å². The van der Waals surface area contributed by atoms with Gasteiger partial charge in [-0.2, -0.15) is 0 Å². The molecule has 3 heteroatoms. The van der Waals surface area contributed by atoms with E-state index in [1.165, 1.54) is 38.5 Å². The van der Waals surface area contributed by atoms with Gasteiger partial charge in [-0.1, -0.05) is 41.6 Å². The van der Waals surface area contributed by atoms with Gasteiger partial charge in [0, 0.05) is 5.33 Å². The van der Waals surface area contributed by atoms with Gasteiger partial charge in [-0.25, -0.2) is 0 Å². The molecule has 0 aliphatic rings. The first-order valence-electron chi connectivity index (χ1n) is 4.18. The highest BCUT2D eigenvalue weighted by molar-refractivity contribution is 9.09. The second-order valence-corrected chi connectivity index (χ2v) is 3.39. The molecule has 0 spiro atoms. The lowest BCUT2D eigenvalue weighted by atomic mass is 10.1. The Morgan fingerprint density at radius 2 is 1.27 bits per heavy atom. The van der Waals surface area contributed by atoms with Crippen LogP contribution < -0.4 is 5.73 Å². The third-order valence-electron chi connectivity index (χ3n) is 1.59. The standard InChI is InChI=1S/C8H18BrN.BrH/c9-7-5-3-1-2-4-6-8-10;/h1-8,10H2;1H. The third kappa shape index (κ3) is 13.9. The molecule has 11 heavy (non-hydrogen) atoms. The van der Waals surface area contributed by atoms with Crippen LogP contribution in [0.15, 0.2) is 0 Å². The highest BCUT2D eigenvalue weighted by Gasteiger charge is 1.88. The zero-order valence-electron chi connectivity index (χ0n) is 7.02. The zero-order chi connectivity index (χ0) is 7.66. The molecule has 70 valence electrons. The molecule has 0 rings (SSSR count). The van der Waals surface area contributed by atoms with Gasteiger partial charge in [-0.05, 0) is 19.4 Å². The Hall–Kier alpha value is 0.920. The Morgan fingerprint density at radius 3 is 1.73 bits per heavy atom. The van der Waals surface area contributed by atoms with Gasteiger partial charge >= 0.3 is 0 Å². The highest BCUT2D eigenvalue weighted by atomic mass is 79.9. The molecule has 0 heterocycles. The Labute approximate surface area is 89.0 Å². The van der Waals surface area contributed by atoms with E-state index in [4.69, 9.17) is 5.73 Å². The lowest BCUT2D eigenvalue weighted by Crippen LogP contribution is -1.97. The molecular formula is C8H19Br2N. The second kappa shape index (κ2) is 13.5. The van der Waals surface area contributed by atoms with Crippen molar-refractivity contribution in [2.24, 2.45) is 5.73 Å². The maximum atomic E-state index is 5.36. The van der Waals surface area contributed by atoms with Gasteiger partial charge in [0.25, 0.3) is 0 Å². The first kappa shape index (κ1) is 14.4. The number of hydrogen-bond donors (Lipinski definition) is 1. The van der Waals surface area contributed by atoms with Crippen LogP contribution in [0.3, 0.4) is 0 Å².